The minimum Gasteiger partial charge on any atom is -0.342 e. The summed E-state index contributed by atoms with van der Waals surface area (Å²) in [5, 5.41) is 0. The van der Waals surface area contributed by atoms with Crippen LogP contribution in [0, 0.1) is 0 Å². The highest BCUT2D eigenvalue weighted by Crippen LogP contribution is 2.19. The number of amides is 1. The van der Waals surface area contributed by atoms with E-state index in [1.165, 1.54) is 12.1 Å². The van der Waals surface area contributed by atoms with Crippen LogP contribution in [-0.2, 0) is 10.0 Å². The summed E-state index contributed by atoms with van der Waals surface area (Å²) in [5.41, 5.74) is 4.97. The average molecular weight is 378 g/mol. The largest absolute Gasteiger partial charge is 0.342 e. The molecule has 24 heavy (non-hydrogen) atoms. The molecule has 0 spiro atoms. The number of unbranched alkanes of at least 4 members (excludes halogenated alkanes) is 1. The number of benzene rings is 1. The van der Waals surface area contributed by atoms with Gasteiger partial charge in [0.15, 0.2) is 0 Å². The predicted molar refractivity (Wildman–Crippen MR) is 99.0 cm³/mol. The lowest BCUT2D eigenvalue weighted by Gasteiger charge is -2.25. The van der Waals surface area contributed by atoms with E-state index in [0.717, 1.165) is 12.8 Å². The van der Waals surface area contributed by atoms with Crippen molar-refractivity contribution in [3.8, 4) is 0 Å². The molecule has 0 fully saturated rings. The lowest BCUT2D eigenvalue weighted by atomic mass is 10.1. The molecule has 0 aromatic heterocycles. The van der Waals surface area contributed by atoms with Crippen LogP contribution in [0.1, 0.15) is 44.0 Å². The van der Waals surface area contributed by atoms with E-state index in [4.69, 9.17) is 5.73 Å². The fourth-order valence-corrected chi connectivity index (χ4v) is 3.66. The van der Waals surface area contributed by atoms with E-state index in [1.54, 1.807) is 37.9 Å². The molecule has 0 aliphatic rings. The van der Waals surface area contributed by atoms with Gasteiger partial charge in [0.2, 0.25) is 10.0 Å². The highest BCUT2D eigenvalue weighted by atomic mass is 35.5. The van der Waals surface area contributed by atoms with Crippen LogP contribution >= 0.6 is 12.4 Å². The van der Waals surface area contributed by atoms with Crippen LogP contribution < -0.4 is 10.5 Å². The minimum absolute atomic E-state index is 0. The predicted octanol–water partition coefficient (Wildman–Crippen LogP) is 2.00. The Balaban J connectivity index is 0.00000529. The molecule has 8 heteroatoms. The fraction of sp³-hybridized carbons (Fsp3) is 0.562. The number of carbonyl (C=O) groups excluding carboxylic acids is 1. The average Bonchev–Trinajstić information content (AvgIpc) is 2.51. The summed E-state index contributed by atoms with van der Waals surface area (Å²) in [7, 11) is -2.16. The van der Waals surface area contributed by atoms with E-state index in [1.807, 2.05) is 6.92 Å². The molecule has 1 aromatic rings. The molecule has 3 N–H and O–H groups in total. The van der Waals surface area contributed by atoms with Crippen molar-refractivity contribution in [2.24, 2.45) is 5.73 Å². The van der Waals surface area contributed by atoms with Gasteiger partial charge in [-0.1, -0.05) is 25.5 Å². The van der Waals surface area contributed by atoms with Crippen LogP contribution in [0.3, 0.4) is 0 Å². The van der Waals surface area contributed by atoms with Crippen molar-refractivity contribution in [3.05, 3.63) is 29.8 Å². The highest BCUT2D eigenvalue weighted by Gasteiger charge is 2.29. The van der Waals surface area contributed by atoms with Gasteiger partial charge in [0.05, 0.1) is 10.5 Å². The number of nitrogens with one attached hydrogen (secondary N) is 1. The Hall–Kier alpha value is -1.15. The molecule has 1 aromatic carbocycles. The van der Waals surface area contributed by atoms with Gasteiger partial charge in [0.1, 0.15) is 0 Å². The second kappa shape index (κ2) is 9.36. The number of halogens is 1. The smallest absolute Gasteiger partial charge is 0.254 e. The van der Waals surface area contributed by atoms with Gasteiger partial charge in [-0.05, 0) is 32.4 Å². The van der Waals surface area contributed by atoms with Gasteiger partial charge in [-0.15, -0.1) is 12.4 Å². The molecule has 0 saturated carbocycles. The number of nitrogens with zero attached hydrogens (tertiary/aromatic N) is 1. The first-order valence-electron chi connectivity index (χ1n) is 7.73. The number of carbonyl (C=O) groups is 1. The van der Waals surface area contributed by atoms with Crippen molar-refractivity contribution in [2.75, 3.05) is 20.1 Å². The first-order chi connectivity index (χ1) is 10.6. The van der Waals surface area contributed by atoms with Crippen molar-refractivity contribution >= 4 is 28.3 Å². The molecular formula is C16H28ClN3O3S. The Morgan fingerprint density at radius 3 is 2.42 bits per heavy atom. The molecule has 0 heterocycles. The Kier molecular flexibility index (Phi) is 8.91. The molecule has 0 saturated heterocycles. The highest BCUT2D eigenvalue weighted by molar-refractivity contribution is 7.89. The first-order valence-corrected chi connectivity index (χ1v) is 9.21. The second-order valence-corrected chi connectivity index (χ2v) is 7.92. The molecule has 0 aliphatic heterocycles. The van der Waals surface area contributed by atoms with Gasteiger partial charge >= 0.3 is 0 Å². The monoisotopic (exact) mass is 377 g/mol. The molecule has 1 rings (SSSR count). The lowest BCUT2D eigenvalue weighted by molar-refractivity contribution is 0.0789. The van der Waals surface area contributed by atoms with Gasteiger partial charge in [0, 0.05) is 25.7 Å². The zero-order valence-corrected chi connectivity index (χ0v) is 16.3. The Morgan fingerprint density at radius 1 is 1.29 bits per heavy atom. The molecule has 0 radical (unpaired) electrons. The Morgan fingerprint density at radius 2 is 1.88 bits per heavy atom. The second-order valence-electron chi connectivity index (χ2n) is 6.27. The third-order valence-electron chi connectivity index (χ3n) is 3.52. The summed E-state index contributed by atoms with van der Waals surface area (Å²) < 4.78 is 27.8. The van der Waals surface area contributed by atoms with Gasteiger partial charge < -0.3 is 10.6 Å². The van der Waals surface area contributed by atoms with E-state index in [0.29, 0.717) is 6.54 Å². The molecule has 1 amide bonds. The number of nitrogens with two attached hydrogens (primary N) is 1. The van der Waals surface area contributed by atoms with E-state index in [-0.39, 0.29) is 35.3 Å². The van der Waals surface area contributed by atoms with Gasteiger partial charge in [-0.2, -0.15) is 0 Å². The van der Waals surface area contributed by atoms with E-state index >= 15 is 0 Å². The Bertz CT molecular complexity index is 648. The summed E-state index contributed by atoms with van der Waals surface area (Å²) in [6.45, 7) is 6.17. The topological polar surface area (TPSA) is 92.5 Å². The van der Waals surface area contributed by atoms with Crippen LogP contribution in [0.4, 0.5) is 0 Å². The number of hydrogen-bond acceptors (Lipinski definition) is 4. The van der Waals surface area contributed by atoms with Crippen molar-refractivity contribution < 1.29 is 13.2 Å². The molecule has 138 valence electrons. The quantitative estimate of drug-likeness (QED) is 0.724. The van der Waals surface area contributed by atoms with Gasteiger partial charge in [-0.25, -0.2) is 13.1 Å². The maximum Gasteiger partial charge on any atom is 0.254 e. The summed E-state index contributed by atoms with van der Waals surface area (Å²) in [6.07, 6.45) is 1.83. The molecular weight excluding hydrogens is 350 g/mol. The van der Waals surface area contributed by atoms with Crippen LogP contribution in [-0.4, -0.2) is 44.9 Å². The maximum atomic E-state index is 12.6. The molecule has 0 unspecified atom stereocenters. The van der Waals surface area contributed by atoms with Gasteiger partial charge in [-0.3, -0.25) is 4.79 Å². The van der Waals surface area contributed by atoms with E-state index in [9.17, 15) is 13.2 Å². The van der Waals surface area contributed by atoms with E-state index < -0.39 is 15.6 Å². The third-order valence-corrected chi connectivity index (χ3v) is 5.28. The van der Waals surface area contributed by atoms with Gasteiger partial charge in [0.25, 0.3) is 5.91 Å². The molecule has 0 aliphatic carbocycles. The molecule has 0 bridgehead atoms. The van der Waals surface area contributed by atoms with Crippen LogP contribution in [0.5, 0.6) is 0 Å². The number of sulfonamides is 1. The van der Waals surface area contributed by atoms with Crippen molar-refractivity contribution in [1.29, 1.82) is 0 Å². The Labute approximate surface area is 151 Å². The van der Waals surface area contributed by atoms with Crippen LogP contribution in [0.15, 0.2) is 29.2 Å². The van der Waals surface area contributed by atoms with Crippen LogP contribution in [0.2, 0.25) is 0 Å². The summed E-state index contributed by atoms with van der Waals surface area (Å²) in [5.74, 6) is -0.301. The fourth-order valence-electron chi connectivity index (χ4n) is 2.04. The molecule has 0 atom stereocenters. The normalized spacial score (nSPS) is 11.7. The van der Waals surface area contributed by atoms with Crippen molar-refractivity contribution in [2.45, 2.75) is 44.0 Å². The summed E-state index contributed by atoms with van der Waals surface area (Å²) in [6, 6.07) is 6.24. The zero-order valence-electron chi connectivity index (χ0n) is 14.7. The summed E-state index contributed by atoms with van der Waals surface area (Å²) in [4.78, 5) is 14.1. The standard InChI is InChI=1S/C16H27N3O3S.ClH/c1-5-6-11-19(4)15(20)13-9-7-8-10-14(13)23(21,22)18-16(2,3)12-17;/h7-10,18H,5-6,11-12,17H2,1-4H3;1H. The van der Waals surface area contributed by atoms with Crippen molar-refractivity contribution in [1.82, 2.24) is 9.62 Å². The third kappa shape index (κ3) is 6.05. The minimum atomic E-state index is -3.84. The lowest BCUT2D eigenvalue weighted by Crippen LogP contribution is -2.49. The summed E-state index contributed by atoms with van der Waals surface area (Å²) >= 11 is 0. The zero-order chi connectivity index (χ0) is 17.7. The molecule has 6 nitrogen and oxygen atoms in total. The first kappa shape index (κ1) is 22.9. The maximum absolute atomic E-state index is 12.6. The number of rotatable bonds is 8. The SMILES string of the molecule is CCCCN(C)C(=O)c1ccccc1S(=O)(=O)NC(C)(C)CN.Cl. The van der Waals surface area contributed by atoms with Crippen LogP contribution in [0.25, 0.3) is 0 Å². The number of hydrogen-bond donors (Lipinski definition) is 2. The van der Waals surface area contributed by atoms with Crippen molar-refractivity contribution in [3.63, 3.8) is 0 Å². The van der Waals surface area contributed by atoms with E-state index in [2.05, 4.69) is 4.72 Å².